The molecule has 0 unspecified atom stereocenters. The van der Waals surface area contributed by atoms with Crippen LogP contribution in [0.1, 0.15) is 21.6 Å². The number of hydrogen-bond donors (Lipinski definition) is 2. The van der Waals surface area contributed by atoms with E-state index in [1.807, 2.05) is 60.1 Å². The van der Waals surface area contributed by atoms with Crippen LogP contribution >= 0.6 is 23.1 Å². The maximum absolute atomic E-state index is 12.2. The molecule has 5 nitrogen and oxygen atoms in total. The summed E-state index contributed by atoms with van der Waals surface area (Å²) in [7, 11) is 0. The molecule has 0 saturated carbocycles. The predicted molar refractivity (Wildman–Crippen MR) is 122 cm³/mol. The number of carbonyl (C=O) groups excluding carboxylic acids is 2. The number of Topliss-reactive ketones (excluding diaryl/α,β-unsaturated/α-hetero) is 1. The van der Waals surface area contributed by atoms with E-state index in [1.165, 1.54) is 34.0 Å². The highest BCUT2D eigenvalue weighted by atomic mass is 32.2. The van der Waals surface area contributed by atoms with E-state index in [2.05, 4.69) is 21.4 Å². The number of thioether (sulfide) groups is 1. The van der Waals surface area contributed by atoms with Crippen molar-refractivity contribution in [3.05, 3.63) is 83.0 Å². The molecule has 0 spiro atoms. The molecule has 7 heteroatoms. The van der Waals surface area contributed by atoms with Gasteiger partial charge in [-0.1, -0.05) is 60.3 Å². The third-order valence-corrected chi connectivity index (χ3v) is 6.76. The summed E-state index contributed by atoms with van der Waals surface area (Å²) in [6.45, 7) is 0.581. The molecule has 2 N–H and O–H groups in total. The Morgan fingerprint density at radius 2 is 1.87 bits per heavy atom. The Morgan fingerprint density at radius 1 is 1.07 bits per heavy atom. The maximum Gasteiger partial charge on any atom is 0.226 e. The van der Waals surface area contributed by atoms with E-state index in [-0.39, 0.29) is 18.1 Å². The van der Waals surface area contributed by atoms with Gasteiger partial charge in [-0.05, 0) is 18.1 Å². The zero-order chi connectivity index (χ0) is 20.8. The number of thiazole rings is 1. The Bertz CT molecular complexity index is 1150. The Morgan fingerprint density at radius 3 is 2.73 bits per heavy atom. The van der Waals surface area contributed by atoms with Crippen LogP contribution in [0.25, 0.3) is 10.9 Å². The smallest absolute Gasteiger partial charge is 0.226 e. The van der Waals surface area contributed by atoms with Crippen molar-refractivity contribution in [1.82, 2.24) is 15.3 Å². The molecule has 4 rings (SSSR count). The van der Waals surface area contributed by atoms with Gasteiger partial charge in [-0.2, -0.15) is 0 Å². The molecule has 0 fully saturated rings. The molecule has 0 aliphatic rings. The molecule has 1 amide bonds. The fourth-order valence-electron chi connectivity index (χ4n) is 3.17. The Hall–Kier alpha value is -2.90. The standard InChI is InChI=1S/C23H21N3O2S2/c27-21(16-6-2-1-3-7-16)15-30-23-26-18(14-29-23)12-22(28)24-11-10-17-13-25-20-9-5-4-8-19(17)20/h1-9,13-14,25H,10-12,15H2,(H,24,28). The summed E-state index contributed by atoms with van der Waals surface area (Å²) in [5.74, 6) is 0.373. The molecule has 2 aromatic carbocycles. The fourth-order valence-corrected chi connectivity index (χ4v) is 4.91. The molecule has 0 aliphatic carbocycles. The lowest BCUT2D eigenvalue weighted by Gasteiger charge is -2.03. The first-order valence-electron chi connectivity index (χ1n) is 9.66. The van der Waals surface area contributed by atoms with Crippen molar-refractivity contribution >= 4 is 45.7 Å². The van der Waals surface area contributed by atoms with Gasteiger partial charge < -0.3 is 10.3 Å². The molecule has 152 valence electrons. The molecule has 30 heavy (non-hydrogen) atoms. The second-order valence-electron chi connectivity index (χ2n) is 6.82. The average Bonchev–Trinajstić information content (AvgIpc) is 3.39. The number of carbonyl (C=O) groups is 2. The molecule has 0 aliphatic heterocycles. The van der Waals surface area contributed by atoms with Gasteiger partial charge in [0.25, 0.3) is 0 Å². The number of ketones is 1. The van der Waals surface area contributed by atoms with Crippen molar-refractivity contribution in [1.29, 1.82) is 0 Å². The van der Waals surface area contributed by atoms with Crippen molar-refractivity contribution in [3.63, 3.8) is 0 Å². The lowest BCUT2D eigenvalue weighted by Crippen LogP contribution is -2.27. The zero-order valence-electron chi connectivity index (χ0n) is 16.3. The van der Waals surface area contributed by atoms with Crippen LogP contribution in [-0.2, 0) is 17.6 Å². The van der Waals surface area contributed by atoms with Crippen LogP contribution in [0.15, 0.2) is 70.5 Å². The van der Waals surface area contributed by atoms with Crippen molar-refractivity contribution in [2.24, 2.45) is 0 Å². The van der Waals surface area contributed by atoms with Crippen molar-refractivity contribution in [3.8, 4) is 0 Å². The highest BCUT2D eigenvalue weighted by molar-refractivity contribution is 8.01. The summed E-state index contributed by atoms with van der Waals surface area (Å²) in [4.78, 5) is 32.2. The summed E-state index contributed by atoms with van der Waals surface area (Å²) < 4.78 is 0.806. The van der Waals surface area contributed by atoms with Crippen LogP contribution in [0.5, 0.6) is 0 Å². The number of hydrogen-bond acceptors (Lipinski definition) is 5. The number of benzene rings is 2. The number of aromatic nitrogens is 2. The van der Waals surface area contributed by atoms with Crippen molar-refractivity contribution in [2.45, 2.75) is 17.2 Å². The topological polar surface area (TPSA) is 74.8 Å². The van der Waals surface area contributed by atoms with Gasteiger partial charge in [0.05, 0.1) is 17.9 Å². The first-order valence-corrected chi connectivity index (χ1v) is 11.5. The van der Waals surface area contributed by atoms with Crippen molar-refractivity contribution in [2.75, 3.05) is 12.3 Å². The highest BCUT2D eigenvalue weighted by Gasteiger charge is 2.11. The normalized spacial score (nSPS) is 10.9. The summed E-state index contributed by atoms with van der Waals surface area (Å²) in [6.07, 6.45) is 3.02. The number of nitrogens with zero attached hydrogens (tertiary/aromatic N) is 1. The minimum absolute atomic E-state index is 0.0444. The minimum Gasteiger partial charge on any atom is -0.361 e. The van der Waals surface area contributed by atoms with E-state index in [4.69, 9.17) is 0 Å². The van der Waals surface area contributed by atoms with Crippen LogP contribution in [0, 0.1) is 0 Å². The third-order valence-electron chi connectivity index (χ3n) is 4.69. The van der Waals surface area contributed by atoms with Crippen LogP contribution in [0.4, 0.5) is 0 Å². The van der Waals surface area contributed by atoms with Crippen LogP contribution in [0.3, 0.4) is 0 Å². The van der Waals surface area contributed by atoms with Crippen molar-refractivity contribution < 1.29 is 9.59 Å². The molecule has 0 bridgehead atoms. The molecule has 2 aromatic heterocycles. The number of H-pyrrole nitrogens is 1. The molecule has 0 atom stereocenters. The number of amides is 1. The van der Waals surface area contributed by atoms with E-state index in [1.54, 1.807) is 0 Å². The SMILES string of the molecule is O=C(Cc1csc(SCC(=O)c2ccccc2)n1)NCCc1c[nH]c2ccccc12. The van der Waals surface area contributed by atoms with E-state index in [9.17, 15) is 9.59 Å². The van der Waals surface area contributed by atoms with E-state index in [0.717, 1.165) is 22.0 Å². The van der Waals surface area contributed by atoms with Crippen LogP contribution in [-0.4, -0.2) is 34.0 Å². The van der Waals surface area contributed by atoms with Gasteiger partial charge in [-0.3, -0.25) is 9.59 Å². The monoisotopic (exact) mass is 435 g/mol. The number of aromatic amines is 1. The second kappa shape index (κ2) is 9.73. The molecule has 2 heterocycles. The van der Waals surface area contributed by atoms with Gasteiger partial charge in [0.1, 0.15) is 0 Å². The Labute approximate surface area is 182 Å². The number of nitrogens with one attached hydrogen (secondary N) is 2. The highest BCUT2D eigenvalue weighted by Crippen LogP contribution is 2.24. The van der Waals surface area contributed by atoms with Gasteiger partial charge in [-0.25, -0.2) is 4.98 Å². The molecule has 0 saturated heterocycles. The molecule has 0 radical (unpaired) electrons. The van der Waals surface area contributed by atoms with E-state index < -0.39 is 0 Å². The van der Waals surface area contributed by atoms with Crippen LogP contribution < -0.4 is 5.32 Å². The quantitative estimate of drug-likeness (QED) is 0.300. The van der Waals surface area contributed by atoms with Gasteiger partial charge in [-0.15, -0.1) is 11.3 Å². The van der Waals surface area contributed by atoms with E-state index in [0.29, 0.717) is 17.9 Å². The molecular weight excluding hydrogens is 414 g/mol. The second-order valence-corrected chi connectivity index (χ2v) is 8.90. The first kappa shape index (κ1) is 20.4. The lowest BCUT2D eigenvalue weighted by molar-refractivity contribution is -0.120. The summed E-state index contributed by atoms with van der Waals surface area (Å²) >= 11 is 2.88. The summed E-state index contributed by atoms with van der Waals surface area (Å²) in [6, 6.07) is 17.4. The summed E-state index contributed by atoms with van der Waals surface area (Å²) in [5, 5.41) is 6.04. The largest absolute Gasteiger partial charge is 0.361 e. The number of rotatable bonds is 9. The van der Waals surface area contributed by atoms with Gasteiger partial charge >= 0.3 is 0 Å². The Kier molecular flexibility index (Phi) is 6.61. The number of fused-ring (bicyclic) bond motifs is 1. The lowest BCUT2D eigenvalue weighted by atomic mass is 10.1. The molecule has 4 aromatic rings. The molecular formula is C23H21N3O2S2. The zero-order valence-corrected chi connectivity index (χ0v) is 17.9. The van der Waals surface area contributed by atoms with Gasteiger partial charge in [0.15, 0.2) is 10.1 Å². The number of para-hydroxylation sites is 1. The third kappa shape index (κ3) is 5.17. The summed E-state index contributed by atoms with van der Waals surface area (Å²) in [5.41, 5.74) is 3.74. The predicted octanol–water partition coefficient (Wildman–Crippen LogP) is 4.50. The first-order chi connectivity index (χ1) is 14.7. The maximum atomic E-state index is 12.2. The average molecular weight is 436 g/mol. The van der Waals surface area contributed by atoms with Crippen LogP contribution in [0.2, 0.25) is 0 Å². The fraction of sp³-hybridized carbons (Fsp3) is 0.174. The Balaban J connectivity index is 1.22. The minimum atomic E-state index is -0.0444. The van der Waals surface area contributed by atoms with E-state index >= 15 is 0 Å². The van der Waals surface area contributed by atoms with Gasteiger partial charge in [0, 0.05) is 34.6 Å². The van der Waals surface area contributed by atoms with Gasteiger partial charge in [0.2, 0.25) is 5.91 Å².